The lowest BCUT2D eigenvalue weighted by molar-refractivity contribution is -0.129. The van der Waals surface area contributed by atoms with Crippen LogP contribution in [0.25, 0.3) is 11.1 Å². The predicted molar refractivity (Wildman–Crippen MR) is 77.3 cm³/mol. The van der Waals surface area contributed by atoms with E-state index in [0.29, 0.717) is 5.22 Å². The van der Waals surface area contributed by atoms with Gasteiger partial charge < -0.3 is 9.32 Å². The maximum atomic E-state index is 12.2. The van der Waals surface area contributed by atoms with Crippen LogP contribution in [-0.4, -0.2) is 34.1 Å². The van der Waals surface area contributed by atoms with Crippen LogP contribution < -0.4 is 0 Å². The van der Waals surface area contributed by atoms with Gasteiger partial charge in [0, 0.05) is 13.1 Å². The van der Waals surface area contributed by atoms with Gasteiger partial charge in [-0.2, -0.15) is 0 Å². The number of oxazole rings is 1. The normalized spacial score (nSPS) is 12.6. The van der Waals surface area contributed by atoms with Gasteiger partial charge in [-0.25, -0.2) is 4.98 Å². The first-order valence-electron chi connectivity index (χ1n) is 6.46. The van der Waals surface area contributed by atoms with Crippen LogP contribution in [0.4, 0.5) is 0 Å². The molecule has 4 nitrogen and oxygen atoms in total. The van der Waals surface area contributed by atoms with Crippen molar-refractivity contribution in [1.82, 2.24) is 9.88 Å². The monoisotopic (exact) mass is 278 g/mol. The zero-order valence-electron chi connectivity index (χ0n) is 11.4. The fourth-order valence-corrected chi connectivity index (χ4v) is 2.74. The smallest absolute Gasteiger partial charge is 0.257 e. The van der Waals surface area contributed by atoms with Crippen LogP contribution in [0.3, 0.4) is 0 Å². The third kappa shape index (κ3) is 3.10. The van der Waals surface area contributed by atoms with Gasteiger partial charge in [-0.15, -0.1) is 0 Å². The molecule has 0 saturated heterocycles. The molecule has 1 amide bonds. The highest BCUT2D eigenvalue weighted by molar-refractivity contribution is 8.00. The fourth-order valence-electron chi connectivity index (χ4n) is 1.90. The van der Waals surface area contributed by atoms with Crippen LogP contribution in [0.15, 0.2) is 33.9 Å². The molecule has 19 heavy (non-hydrogen) atoms. The van der Waals surface area contributed by atoms with Crippen LogP contribution in [0.1, 0.15) is 20.8 Å². The van der Waals surface area contributed by atoms with Crippen molar-refractivity contribution in [3.63, 3.8) is 0 Å². The van der Waals surface area contributed by atoms with Crippen molar-refractivity contribution < 1.29 is 9.21 Å². The molecule has 102 valence electrons. The number of hydrogen-bond acceptors (Lipinski definition) is 4. The number of nitrogens with zero attached hydrogens (tertiary/aromatic N) is 2. The van der Waals surface area contributed by atoms with Gasteiger partial charge in [0.1, 0.15) is 5.52 Å². The molecule has 1 heterocycles. The molecule has 1 atom stereocenters. The predicted octanol–water partition coefficient (Wildman–Crippen LogP) is 3.18. The standard InChI is InChI=1S/C14H18N2O2S/c1-4-16(5-2)13(17)10(3)19-14-15-11-8-6-7-9-12(11)18-14/h6-10H,4-5H2,1-3H3/t10-/m1/s1. The van der Waals surface area contributed by atoms with Crippen molar-refractivity contribution in [3.05, 3.63) is 24.3 Å². The minimum absolute atomic E-state index is 0.122. The Balaban J connectivity index is 2.09. The van der Waals surface area contributed by atoms with E-state index < -0.39 is 0 Å². The zero-order valence-corrected chi connectivity index (χ0v) is 12.2. The van der Waals surface area contributed by atoms with Crippen molar-refractivity contribution in [2.45, 2.75) is 31.2 Å². The minimum Gasteiger partial charge on any atom is -0.431 e. The first kappa shape index (κ1) is 13.9. The van der Waals surface area contributed by atoms with Gasteiger partial charge in [0.05, 0.1) is 5.25 Å². The molecular weight excluding hydrogens is 260 g/mol. The third-order valence-electron chi connectivity index (χ3n) is 2.97. The number of fused-ring (bicyclic) bond motifs is 1. The highest BCUT2D eigenvalue weighted by Gasteiger charge is 2.21. The van der Waals surface area contributed by atoms with Gasteiger partial charge in [-0.05, 0) is 32.9 Å². The van der Waals surface area contributed by atoms with Gasteiger partial charge in [-0.1, -0.05) is 23.9 Å². The number of aromatic nitrogens is 1. The molecule has 0 unspecified atom stereocenters. The highest BCUT2D eigenvalue weighted by atomic mass is 32.2. The summed E-state index contributed by atoms with van der Waals surface area (Å²) < 4.78 is 5.62. The minimum atomic E-state index is -0.187. The molecule has 1 aromatic heterocycles. The Morgan fingerprint density at radius 3 is 2.68 bits per heavy atom. The maximum absolute atomic E-state index is 12.2. The lowest BCUT2D eigenvalue weighted by Gasteiger charge is -2.21. The second-order valence-corrected chi connectivity index (χ2v) is 5.51. The Bertz CT molecular complexity index is 530. The quantitative estimate of drug-likeness (QED) is 0.788. The van der Waals surface area contributed by atoms with Crippen molar-refractivity contribution in [2.75, 3.05) is 13.1 Å². The summed E-state index contributed by atoms with van der Waals surface area (Å²) in [4.78, 5) is 18.4. The molecular formula is C14H18N2O2S. The summed E-state index contributed by atoms with van der Waals surface area (Å²) in [6, 6.07) is 7.61. The molecule has 0 bridgehead atoms. The molecule has 2 aromatic rings. The van der Waals surface area contributed by atoms with E-state index in [9.17, 15) is 4.79 Å². The fraction of sp³-hybridized carbons (Fsp3) is 0.429. The second-order valence-electron chi connectivity index (χ2n) is 4.22. The van der Waals surface area contributed by atoms with Gasteiger partial charge >= 0.3 is 0 Å². The number of carbonyl (C=O) groups is 1. The van der Waals surface area contributed by atoms with Crippen LogP contribution in [0, 0.1) is 0 Å². The highest BCUT2D eigenvalue weighted by Crippen LogP contribution is 2.27. The largest absolute Gasteiger partial charge is 0.431 e. The summed E-state index contributed by atoms with van der Waals surface area (Å²) in [7, 11) is 0. The second kappa shape index (κ2) is 6.10. The van der Waals surface area contributed by atoms with Gasteiger partial charge in [-0.3, -0.25) is 4.79 Å². The molecule has 0 aliphatic rings. The molecule has 5 heteroatoms. The van der Waals surface area contributed by atoms with E-state index >= 15 is 0 Å². The number of rotatable bonds is 5. The number of para-hydroxylation sites is 2. The van der Waals surface area contributed by atoms with Crippen molar-refractivity contribution in [2.24, 2.45) is 0 Å². The summed E-state index contributed by atoms with van der Waals surface area (Å²) >= 11 is 1.37. The number of hydrogen-bond donors (Lipinski definition) is 0. The Hall–Kier alpha value is -1.49. The number of carbonyl (C=O) groups excluding carboxylic acids is 1. The van der Waals surface area contributed by atoms with Crippen molar-refractivity contribution in [3.8, 4) is 0 Å². The van der Waals surface area contributed by atoms with Crippen molar-refractivity contribution in [1.29, 1.82) is 0 Å². The summed E-state index contributed by atoms with van der Waals surface area (Å²) in [6.07, 6.45) is 0. The molecule has 0 aliphatic carbocycles. The lowest BCUT2D eigenvalue weighted by atomic mass is 10.3. The molecule has 0 fully saturated rings. The van der Waals surface area contributed by atoms with E-state index in [4.69, 9.17) is 4.42 Å². The molecule has 1 aromatic carbocycles. The Morgan fingerprint density at radius 2 is 2.05 bits per heavy atom. The SMILES string of the molecule is CCN(CC)C(=O)[C@@H](C)Sc1nc2ccccc2o1. The summed E-state index contributed by atoms with van der Waals surface area (Å²) in [6.45, 7) is 7.32. The summed E-state index contributed by atoms with van der Waals surface area (Å²) in [5.41, 5.74) is 1.58. The van der Waals surface area contributed by atoms with Crippen LogP contribution in [-0.2, 0) is 4.79 Å². The molecule has 2 rings (SSSR count). The molecule has 0 radical (unpaired) electrons. The Morgan fingerprint density at radius 1 is 1.37 bits per heavy atom. The zero-order chi connectivity index (χ0) is 13.8. The van der Waals surface area contributed by atoms with Gasteiger partial charge in [0.15, 0.2) is 5.58 Å². The summed E-state index contributed by atoms with van der Waals surface area (Å²) in [5.74, 6) is 0.122. The van der Waals surface area contributed by atoms with Crippen LogP contribution in [0.5, 0.6) is 0 Å². The van der Waals surface area contributed by atoms with Gasteiger partial charge in [0.25, 0.3) is 5.22 Å². The molecule has 0 N–H and O–H groups in total. The van der Waals surface area contributed by atoms with Gasteiger partial charge in [0.2, 0.25) is 5.91 Å². The number of benzene rings is 1. The molecule has 0 saturated carbocycles. The van der Waals surface area contributed by atoms with Crippen LogP contribution >= 0.6 is 11.8 Å². The average molecular weight is 278 g/mol. The van der Waals surface area contributed by atoms with E-state index in [2.05, 4.69) is 4.98 Å². The Labute approximate surface area is 117 Å². The molecule has 0 aliphatic heterocycles. The maximum Gasteiger partial charge on any atom is 0.257 e. The Kier molecular flexibility index (Phi) is 4.47. The average Bonchev–Trinajstić information content (AvgIpc) is 2.82. The first-order chi connectivity index (χ1) is 9.15. The van der Waals surface area contributed by atoms with E-state index in [1.165, 1.54) is 11.8 Å². The number of thioether (sulfide) groups is 1. The topological polar surface area (TPSA) is 46.3 Å². The van der Waals surface area contributed by atoms with E-state index in [1.807, 2.05) is 49.9 Å². The summed E-state index contributed by atoms with van der Waals surface area (Å²) in [5, 5.41) is 0.363. The first-order valence-corrected chi connectivity index (χ1v) is 7.34. The lowest BCUT2D eigenvalue weighted by Crippen LogP contribution is -2.36. The molecule has 0 spiro atoms. The van der Waals surface area contributed by atoms with E-state index in [0.717, 1.165) is 24.2 Å². The van der Waals surface area contributed by atoms with Crippen molar-refractivity contribution >= 4 is 28.8 Å². The van der Waals surface area contributed by atoms with Crippen LogP contribution in [0.2, 0.25) is 0 Å². The van der Waals surface area contributed by atoms with E-state index in [1.54, 1.807) is 0 Å². The number of amides is 1. The third-order valence-corrected chi connectivity index (χ3v) is 3.91. The van der Waals surface area contributed by atoms with E-state index in [-0.39, 0.29) is 11.2 Å².